The number of para-hydroxylation sites is 1. The summed E-state index contributed by atoms with van der Waals surface area (Å²) >= 11 is 0. The summed E-state index contributed by atoms with van der Waals surface area (Å²) in [6.07, 6.45) is 2.83. The fourth-order valence-corrected chi connectivity index (χ4v) is 3.98. The van der Waals surface area contributed by atoms with Gasteiger partial charge in [0.2, 0.25) is 11.7 Å². The molecule has 2 aromatic carbocycles. The normalized spacial score (nSPS) is 16.2. The highest BCUT2D eigenvalue weighted by Gasteiger charge is 2.40. The monoisotopic (exact) mass is 423 g/mol. The van der Waals surface area contributed by atoms with Crippen LogP contribution in [0.25, 0.3) is 10.9 Å². The molecule has 2 heterocycles. The number of fused-ring (bicyclic) bond motifs is 1. The highest BCUT2D eigenvalue weighted by Crippen LogP contribution is 2.42. The van der Waals surface area contributed by atoms with Crippen LogP contribution < -0.4 is 24.4 Å². The zero-order chi connectivity index (χ0) is 22.0. The number of ether oxygens (including phenoxy) is 3. The Morgan fingerprint density at radius 1 is 1.06 bits per heavy atom. The molecule has 2 amide bonds. The number of rotatable bonds is 8. The first kappa shape index (κ1) is 20.7. The molecule has 1 aromatic heterocycles. The van der Waals surface area contributed by atoms with Gasteiger partial charge in [-0.3, -0.25) is 9.59 Å². The number of hydrogen-bond acceptors (Lipinski definition) is 6. The Morgan fingerprint density at radius 3 is 2.45 bits per heavy atom. The number of methoxy groups -OCH3 is 3. The molecule has 4 rings (SSSR count). The summed E-state index contributed by atoms with van der Waals surface area (Å²) in [4.78, 5) is 30.1. The number of nitrogens with zero attached hydrogens (tertiary/aromatic N) is 1. The minimum Gasteiger partial charge on any atom is -0.493 e. The third-order valence-electron chi connectivity index (χ3n) is 5.51. The second-order valence-electron chi connectivity index (χ2n) is 7.27. The molecule has 1 aliphatic rings. The highest BCUT2D eigenvalue weighted by molar-refractivity contribution is 6.22. The van der Waals surface area contributed by atoms with Crippen LogP contribution >= 0.6 is 0 Å². The predicted octanol–water partition coefficient (Wildman–Crippen LogP) is 2.66. The fourth-order valence-electron chi connectivity index (χ4n) is 3.98. The molecule has 8 heteroatoms. The van der Waals surface area contributed by atoms with Crippen molar-refractivity contribution < 1.29 is 23.8 Å². The SMILES string of the molecule is COc1cc(N2C(=O)C[C@@H](NCCc3c[nH]c4ccccc34)C2=O)cc(OC)c1OC. The molecule has 0 unspecified atom stereocenters. The van der Waals surface area contributed by atoms with E-state index >= 15 is 0 Å². The molecule has 0 saturated carbocycles. The van der Waals surface area contributed by atoms with Gasteiger partial charge in [0.1, 0.15) is 0 Å². The lowest BCUT2D eigenvalue weighted by molar-refractivity contribution is -0.121. The van der Waals surface area contributed by atoms with Crippen molar-refractivity contribution in [2.24, 2.45) is 0 Å². The summed E-state index contributed by atoms with van der Waals surface area (Å²) in [5.74, 6) is 0.602. The third kappa shape index (κ3) is 3.82. The zero-order valence-electron chi connectivity index (χ0n) is 17.7. The number of carbonyl (C=O) groups is 2. The standard InChI is InChI=1S/C23H25N3O5/c1-29-19-10-15(11-20(30-2)22(19)31-3)26-21(27)12-18(23(26)28)24-9-8-14-13-25-17-7-5-4-6-16(14)17/h4-7,10-11,13,18,24-25H,8-9,12H2,1-3H3/t18-/m1/s1. The Morgan fingerprint density at radius 2 is 1.77 bits per heavy atom. The molecule has 162 valence electrons. The van der Waals surface area contributed by atoms with Gasteiger partial charge in [0.05, 0.1) is 39.5 Å². The molecule has 3 aromatic rings. The maximum atomic E-state index is 13.0. The van der Waals surface area contributed by atoms with Crippen molar-refractivity contribution in [3.63, 3.8) is 0 Å². The highest BCUT2D eigenvalue weighted by atomic mass is 16.5. The molecule has 8 nitrogen and oxygen atoms in total. The van der Waals surface area contributed by atoms with Crippen LogP contribution in [-0.2, 0) is 16.0 Å². The van der Waals surface area contributed by atoms with E-state index in [1.807, 2.05) is 24.4 Å². The summed E-state index contributed by atoms with van der Waals surface area (Å²) < 4.78 is 16.0. The van der Waals surface area contributed by atoms with E-state index in [1.165, 1.54) is 31.8 Å². The molecule has 0 bridgehead atoms. The van der Waals surface area contributed by atoms with Crippen LogP contribution in [0.2, 0.25) is 0 Å². The van der Waals surface area contributed by atoms with Gasteiger partial charge in [0.25, 0.3) is 5.91 Å². The van der Waals surface area contributed by atoms with Gasteiger partial charge in [-0.05, 0) is 18.1 Å². The first-order chi connectivity index (χ1) is 15.1. The van der Waals surface area contributed by atoms with Crippen LogP contribution in [0, 0.1) is 0 Å². The van der Waals surface area contributed by atoms with E-state index < -0.39 is 6.04 Å². The van der Waals surface area contributed by atoms with Crippen LogP contribution in [0.5, 0.6) is 17.2 Å². The average Bonchev–Trinajstić information content (AvgIpc) is 3.33. The van der Waals surface area contributed by atoms with E-state index in [-0.39, 0.29) is 18.2 Å². The number of hydrogen-bond donors (Lipinski definition) is 2. The van der Waals surface area contributed by atoms with Crippen LogP contribution in [0.3, 0.4) is 0 Å². The van der Waals surface area contributed by atoms with Crippen molar-refractivity contribution in [3.8, 4) is 17.2 Å². The number of nitrogens with one attached hydrogen (secondary N) is 2. The smallest absolute Gasteiger partial charge is 0.251 e. The lowest BCUT2D eigenvalue weighted by Gasteiger charge is -2.19. The first-order valence-electron chi connectivity index (χ1n) is 10.0. The molecule has 0 spiro atoms. The predicted molar refractivity (Wildman–Crippen MR) is 117 cm³/mol. The molecule has 1 aliphatic heterocycles. The molecular formula is C23H25N3O5. The molecule has 1 fully saturated rings. The number of H-pyrrole nitrogens is 1. The van der Waals surface area contributed by atoms with Gasteiger partial charge in [-0.1, -0.05) is 18.2 Å². The van der Waals surface area contributed by atoms with Gasteiger partial charge >= 0.3 is 0 Å². The van der Waals surface area contributed by atoms with Crippen molar-refractivity contribution in [1.82, 2.24) is 10.3 Å². The summed E-state index contributed by atoms with van der Waals surface area (Å²) in [5, 5.41) is 4.40. The second-order valence-corrected chi connectivity index (χ2v) is 7.27. The Hall–Kier alpha value is -3.52. The van der Waals surface area contributed by atoms with Crippen LogP contribution in [0.4, 0.5) is 5.69 Å². The number of carbonyl (C=O) groups excluding carboxylic acids is 2. The van der Waals surface area contributed by atoms with Crippen LogP contribution in [0.1, 0.15) is 12.0 Å². The topological polar surface area (TPSA) is 92.9 Å². The fraction of sp³-hybridized carbons (Fsp3) is 0.304. The molecule has 0 radical (unpaired) electrons. The van der Waals surface area contributed by atoms with Crippen molar-refractivity contribution in [2.75, 3.05) is 32.8 Å². The molecule has 1 saturated heterocycles. The number of anilines is 1. The summed E-state index contributed by atoms with van der Waals surface area (Å²) in [6.45, 7) is 0.578. The Balaban J connectivity index is 1.47. The average molecular weight is 423 g/mol. The molecule has 1 atom stereocenters. The first-order valence-corrected chi connectivity index (χ1v) is 10.0. The van der Waals surface area contributed by atoms with Gasteiger partial charge in [-0.2, -0.15) is 0 Å². The van der Waals surface area contributed by atoms with E-state index in [0.717, 1.165) is 17.3 Å². The number of aromatic amines is 1. The minimum atomic E-state index is -0.572. The van der Waals surface area contributed by atoms with Gasteiger partial charge in [-0.15, -0.1) is 0 Å². The molecular weight excluding hydrogens is 398 g/mol. The molecule has 0 aliphatic carbocycles. The van der Waals surface area contributed by atoms with Crippen molar-refractivity contribution in [3.05, 3.63) is 48.2 Å². The lowest BCUT2D eigenvalue weighted by atomic mass is 10.1. The number of imide groups is 1. The largest absolute Gasteiger partial charge is 0.493 e. The van der Waals surface area contributed by atoms with Crippen LogP contribution in [0.15, 0.2) is 42.6 Å². The Bertz CT molecular complexity index is 1100. The van der Waals surface area contributed by atoms with E-state index in [2.05, 4.69) is 16.4 Å². The van der Waals surface area contributed by atoms with Gasteiger partial charge in [0.15, 0.2) is 11.5 Å². The van der Waals surface area contributed by atoms with Gasteiger partial charge in [-0.25, -0.2) is 4.90 Å². The van der Waals surface area contributed by atoms with Crippen molar-refractivity contribution in [1.29, 1.82) is 0 Å². The van der Waals surface area contributed by atoms with Gasteiger partial charge < -0.3 is 24.5 Å². The summed E-state index contributed by atoms with van der Waals surface area (Å²) in [6, 6.07) is 10.7. The minimum absolute atomic E-state index is 0.101. The van der Waals surface area contributed by atoms with Crippen molar-refractivity contribution in [2.45, 2.75) is 18.9 Å². The maximum absolute atomic E-state index is 13.0. The third-order valence-corrected chi connectivity index (χ3v) is 5.51. The number of amides is 2. The summed E-state index contributed by atoms with van der Waals surface area (Å²) in [7, 11) is 4.48. The van der Waals surface area contributed by atoms with E-state index in [9.17, 15) is 9.59 Å². The van der Waals surface area contributed by atoms with Crippen molar-refractivity contribution >= 4 is 28.4 Å². The van der Waals surface area contributed by atoms with E-state index in [4.69, 9.17) is 14.2 Å². The maximum Gasteiger partial charge on any atom is 0.251 e. The zero-order valence-corrected chi connectivity index (χ0v) is 17.7. The quantitative estimate of drug-likeness (QED) is 0.541. The van der Waals surface area contributed by atoms with E-state index in [0.29, 0.717) is 29.5 Å². The second kappa shape index (κ2) is 8.69. The lowest BCUT2D eigenvalue weighted by Crippen LogP contribution is -2.39. The Labute approximate surface area is 180 Å². The number of aromatic nitrogens is 1. The number of benzene rings is 2. The molecule has 31 heavy (non-hydrogen) atoms. The van der Waals surface area contributed by atoms with Gasteiger partial charge in [0, 0.05) is 35.8 Å². The van der Waals surface area contributed by atoms with Crippen LogP contribution in [-0.4, -0.2) is 50.7 Å². The Kier molecular flexibility index (Phi) is 5.81. The van der Waals surface area contributed by atoms with E-state index in [1.54, 1.807) is 12.1 Å². The molecule has 2 N–H and O–H groups in total. The summed E-state index contributed by atoms with van der Waals surface area (Å²) in [5.41, 5.74) is 2.64.